The van der Waals surface area contributed by atoms with Crippen molar-refractivity contribution in [2.45, 2.75) is 25.9 Å². The van der Waals surface area contributed by atoms with Crippen molar-refractivity contribution >= 4 is 45.8 Å². The number of amides is 2. The molecule has 0 fully saturated rings. The molecule has 0 aliphatic carbocycles. The number of fused-ring (bicyclic) bond motifs is 1. The Hall–Kier alpha value is -3.54. The average Bonchev–Trinajstić information content (AvgIpc) is 2.91. The third-order valence-electron chi connectivity index (χ3n) is 6.08. The fourth-order valence-electron chi connectivity index (χ4n) is 4.22. The van der Waals surface area contributed by atoms with Crippen molar-refractivity contribution in [3.05, 3.63) is 112 Å². The summed E-state index contributed by atoms with van der Waals surface area (Å²) < 4.78 is 6.01. The number of benzene rings is 4. The topological polar surface area (TPSA) is 58.6 Å². The Labute approximate surface area is 226 Å². The summed E-state index contributed by atoms with van der Waals surface area (Å²) >= 11 is 12.6. The lowest BCUT2D eigenvalue weighted by Crippen LogP contribution is -2.51. The van der Waals surface area contributed by atoms with Crippen LogP contribution < -0.4 is 10.1 Å². The standard InChI is InChI=1S/C30H28Cl2N2O3/c1-2-33-30(36)27(17-21-9-4-3-5-10-21)34(19-23-15-16-24(31)18-26(23)32)29(35)20-37-28-14-8-12-22-11-6-7-13-25(22)28/h3-16,18,27H,2,17,19-20H2,1H3,(H,33,36)/t27-/m0/s1. The second kappa shape index (κ2) is 12.6. The number of nitrogens with one attached hydrogen (secondary N) is 1. The highest BCUT2D eigenvalue weighted by Crippen LogP contribution is 2.27. The zero-order valence-electron chi connectivity index (χ0n) is 20.5. The highest BCUT2D eigenvalue weighted by Gasteiger charge is 2.31. The Bertz CT molecular complexity index is 1370. The van der Waals surface area contributed by atoms with Crippen LogP contribution in [0.2, 0.25) is 10.0 Å². The molecule has 0 unspecified atom stereocenters. The highest BCUT2D eigenvalue weighted by atomic mass is 35.5. The fraction of sp³-hybridized carbons (Fsp3) is 0.200. The van der Waals surface area contributed by atoms with Gasteiger partial charge in [-0.3, -0.25) is 9.59 Å². The first kappa shape index (κ1) is 26.5. The lowest BCUT2D eigenvalue weighted by atomic mass is 10.0. The van der Waals surface area contributed by atoms with E-state index in [1.165, 1.54) is 4.90 Å². The van der Waals surface area contributed by atoms with Gasteiger partial charge in [-0.1, -0.05) is 96.0 Å². The minimum Gasteiger partial charge on any atom is -0.483 e. The Balaban J connectivity index is 1.65. The Morgan fingerprint density at radius 2 is 1.65 bits per heavy atom. The molecule has 4 aromatic carbocycles. The molecule has 1 atom stereocenters. The maximum atomic E-state index is 13.7. The minimum atomic E-state index is -0.766. The van der Waals surface area contributed by atoms with Gasteiger partial charge in [0.2, 0.25) is 5.91 Å². The van der Waals surface area contributed by atoms with E-state index in [1.807, 2.05) is 79.7 Å². The number of likely N-dealkylation sites (N-methyl/N-ethyl adjacent to an activating group) is 1. The second-order valence-corrected chi connectivity index (χ2v) is 9.47. The smallest absolute Gasteiger partial charge is 0.261 e. The third kappa shape index (κ3) is 6.82. The van der Waals surface area contributed by atoms with Crippen molar-refractivity contribution in [2.24, 2.45) is 0 Å². The van der Waals surface area contributed by atoms with Gasteiger partial charge >= 0.3 is 0 Å². The van der Waals surface area contributed by atoms with Gasteiger partial charge in [0.05, 0.1) is 0 Å². The van der Waals surface area contributed by atoms with Crippen LogP contribution in [-0.2, 0) is 22.6 Å². The first-order valence-corrected chi connectivity index (χ1v) is 12.9. The molecular weight excluding hydrogens is 507 g/mol. The largest absolute Gasteiger partial charge is 0.483 e. The summed E-state index contributed by atoms with van der Waals surface area (Å²) in [4.78, 5) is 28.5. The van der Waals surface area contributed by atoms with Gasteiger partial charge in [-0.25, -0.2) is 0 Å². The number of carbonyl (C=O) groups is 2. The first-order valence-electron chi connectivity index (χ1n) is 12.1. The van der Waals surface area contributed by atoms with E-state index in [1.54, 1.807) is 18.2 Å². The predicted molar refractivity (Wildman–Crippen MR) is 149 cm³/mol. The van der Waals surface area contributed by atoms with E-state index in [0.717, 1.165) is 16.3 Å². The SMILES string of the molecule is CCNC(=O)[C@H](Cc1ccccc1)N(Cc1ccc(Cl)cc1Cl)C(=O)COc1cccc2ccccc12. The van der Waals surface area contributed by atoms with Crippen LogP contribution in [0.1, 0.15) is 18.1 Å². The molecule has 2 amide bonds. The summed E-state index contributed by atoms with van der Waals surface area (Å²) in [6.07, 6.45) is 0.345. The molecule has 37 heavy (non-hydrogen) atoms. The Kier molecular flexibility index (Phi) is 9.04. The molecule has 190 valence electrons. The molecule has 5 nitrogen and oxygen atoms in total. The van der Waals surface area contributed by atoms with E-state index in [-0.39, 0.29) is 25.0 Å². The number of rotatable bonds is 10. The molecule has 0 saturated carbocycles. The number of hydrogen-bond acceptors (Lipinski definition) is 3. The lowest BCUT2D eigenvalue weighted by Gasteiger charge is -2.31. The molecular formula is C30H28Cl2N2O3. The van der Waals surface area contributed by atoms with Crippen molar-refractivity contribution < 1.29 is 14.3 Å². The number of ether oxygens (including phenoxy) is 1. The molecule has 0 saturated heterocycles. The van der Waals surface area contributed by atoms with Gasteiger partial charge in [0.15, 0.2) is 6.61 Å². The third-order valence-corrected chi connectivity index (χ3v) is 6.67. The van der Waals surface area contributed by atoms with Crippen LogP contribution in [0, 0.1) is 0 Å². The summed E-state index contributed by atoms with van der Waals surface area (Å²) in [5.41, 5.74) is 1.63. The molecule has 1 N–H and O–H groups in total. The van der Waals surface area contributed by atoms with Gasteiger partial charge in [0.25, 0.3) is 5.91 Å². The highest BCUT2D eigenvalue weighted by molar-refractivity contribution is 6.35. The normalized spacial score (nSPS) is 11.6. The molecule has 0 heterocycles. The van der Waals surface area contributed by atoms with Gasteiger partial charge < -0.3 is 15.0 Å². The van der Waals surface area contributed by atoms with E-state index in [2.05, 4.69) is 5.32 Å². The quantitative estimate of drug-likeness (QED) is 0.259. The van der Waals surface area contributed by atoms with Crippen LogP contribution in [0.4, 0.5) is 0 Å². The summed E-state index contributed by atoms with van der Waals surface area (Å²) in [7, 11) is 0. The molecule has 0 bridgehead atoms. The van der Waals surface area contributed by atoms with Crippen LogP contribution in [0.3, 0.4) is 0 Å². The van der Waals surface area contributed by atoms with Crippen LogP contribution in [0.15, 0.2) is 91.0 Å². The van der Waals surface area contributed by atoms with Crippen LogP contribution in [0.5, 0.6) is 5.75 Å². The maximum absolute atomic E-state index is 13.7. The van der Waals surface area contributed by atoms with Crippen LogP contribution in [-0.4, -0.2) is 35.9 Å². The lowest BCUT2D eigenvalue weighted by molar-refractivity contribution is -0.142. The predicted octanol–water partition coefficient (Wildman–Crippen LogP) is 6.30. The second-order valence-electron chi connectivity index (χ2n) is 8.62. The van der Waals surface area contributed by atoms with Crippen LogP contribution in [0.25, 0.3) is 10.8 Å². The number of nitrogens with zero attached hydrogens (tertiary/aromatic N) is 1. The maximum Gasteiger partial charge on any atom is 0.261 e. The van der Waals surface area contributed by atoms with Crippen molar-refractivity contribution in [3.8, 4) is 5.75 Å². The van der Waals surface area contributed by atoms with E-state index < -0.39 is 6.04 Å². The Morgan fingerprint density at radius 3 is 2.41 bits per heavy atom. The number of hydrogen-bond donors (Lipinski definition) is 1. The molecule has 0 radical (unpaired) electrons. The monoisotopic (exact) mass is 534 g/mol. The summed E-state index contributed by atoms with van der Waals surface area (Å²) in [5, 5.41) is 5.73. The summed E-state index contributed by atoms with van der Waals surface area (Å²) in [6, 6.07) is 27.5. The van der Waals surface area contributed by atoms with Gasteiger partial charge in [-0.15, -0.1) is 0 Å². The number of halogens is 2. The average molecular weight is 535 g/mol. The van der Waals surface area contributed by atoms with E-state index in [4.69, 9.17) is 27.9 Å². The van der Waals surface area contributed by atoms with Crippen molar-refractivity contribution in [1.82, 2.24) is 10.2 Å². The summed E-state index contributed by atoms with van der Waals surface area (Å²) in [5.74, 6) is 0.0367. The van der Waals surface area contributed by atoms with Gasteiger partial charge in [-0.2, -0.15) is 0 Å². The van der Waals surface area contributed by atoms with Crippen molar-refractivity contribution in [2.75, 3.05) is 13.2 Å². The van der Waals surface area contributed by atoms with Gasteiger partial charge in [0.1, 0.15) is 11.8 Å². The zero-order chi connectivity index (χ0) is 26.2. The van der Waals surface area contributed by atoms with Gasteiger partial charge in [0, 0.05) is 34.9 Å². The molecule has 0 aromatic heterocycles. The van der Waals surface area contributed by atoms with E-state index in [0.29, 0.717) is 34.3 Å². The van der Waals surface area contributed by atoms with E-state index in [9.17, 15) is 9.59 Å². The molecule has 0 aliphatic rings. The van der Waals surface area contributed by atoms with Crippen LogP contribution >= 0.6 is 23.2 Å². The molecule has 4 aromatic rings. The minimum absolute atomic E-state index is 0.127. The molecule has 0 aliphatic heterocycles. The summed E-state index contributed by atoms with van der Waals surface area (Å²) in [6.45, 7) is 2.19. The molecule has 4 rings (SSSR count). The van der Waals surface area contributed by atoms with Gasteiger partial charge in [-0.05, 0) is 41.6 Å². The first-order chi connectivity index (χ1) is 18.0. The zero-order valence-corrected chi connectivity index (χ0v) is 22.0. The molecule has 7 heteroatoms. The van der Waals surface area contributed by atoms with Crippen molar-refractivity contribution in [1.29, 1.82) is 0 Å². The number of carbonyl (C=O) groups excluding carboxylic acids is 2. The molecule has 0 spiro atoms. The fourth-order valence-corrected chi connectivity index (χ4v) is 4.69. The van der Waals surface area contributed by atoms with E-state index >= 15 is 0 Å². The van der Waals surface area contributed by atoms with Crippen molar-refractivity contribution in [3.63, 3.8) is 0 Å². The Morgan fingerprint density at radius 1 is 0.919 bits per heavy atom.